The molecule has 0 aliphatic carbocycles. The molecule has 10 heteroatoms. The third-order valence-electron chi connectivity index (χ3n) is 6.52. The molecule has 0 aromatic heterocycles. The van der Waals surface area contributed by atoms with Gasteiger partial charge in [-0.2, -0.15) is 5.26 Å². The summed E-state index contributed by atoms with van der Waals surface area (Å²) in [4.78, 5) is 26.1. The molecule has 8 nitrogen and oxygen atoms in total. The van der Waals surface area contributed by atoms with Crippen LogP contribution in [0.4, 0.5) is 11.4 Å². The Morgan fingerprint density at radius 3 is 2.49 bits per heavy atom. The maximum absolute atomic E-state index is 14.0. The van der Waals surface area contributed by atoms with Crippen molar-refractivity contribution >= 4 is 55.6 Å². The van der Waals surface area contributed by atoms with Crippen LogP contribution in [0.2, 0.25) is 5.02 Å². The maximum Gasteiger partial charge on any atom is 0.265 e. The monoisotopic (exact) mass is 558 g/mol. The zero-order valence-corrected chi connectivity index (χ0v) is 22.2. The lowest BCUT2D eigenvalue weighted by molar-refractivity contribution is -0.125. The minimum atomic E-state index is -4.27. The number of hydrogen-bond donors (Lipinski definition) is 2. The molecule has 0 fully saturated rings. The Bertz CT molecular complexity index is 1730. The Morgan fingerprint density at radius 2 is 1.74 bits per heavy atom. The molecule has 0 saturated heterocycles. The second-order valence-electron chi connectivity index (χ2n) is 9.09. The van der Waals surface area contributed by atoms with E-state index in [1.165, 1.54) is 18.2 Å². The number of rotatable bonds is 7. The van der Waals surface area contributed by atoms with E-state index in [1.807, 2.05) is 18.2 Å². The fourth-order valence-corrected chi connectivity index (χ4v) is 6.36. The number of benzene rings is 4. The van der Waals surface area contributed by atoms with Crippen molar-refractivity contribution in [2.24, 2.45) is 0 Å². The van der Waals surface area contributed by atoms with Gasteiger partial charge in [0.15, 0.2) is 0 Å². The van der Waals surface area contributed by atoms with Gasteiger partial charge in [-0.1, -0.05) is 54.1 Å². The van der Waals surface area contributed by atoms with Gasteiger partial charge in [-0.3, -0.25) is 13.9 Å². The van der Waals surface area contributed by atoms with Crippen LogP contribution in [0.3, 0.4) is 0 Å². The first-order valence-electron chi connectivity index (χ1n) is 12.2. The molecular formula is C29H23ClN4O4S. The Hall–Kier alpha value is -4.39. The van der Waals surface area contributed by atoms with Crippen molar-refractivity contribution in [2.45, 2.75) is 23.8 Å². The molecule has 5 rings (SSSR count). The van der Waals surface area contributed by atoms with Gasteiger partial charge in [0.25, 0.3) is 10.0 Å². The van der Waals surface area contributed by atoms with Crippen molar-refractivity contribution < 1.29 is 18.0 Å². The topological polar surface area (TPSA) is 119 Å². The van der Waals surface area contributed by atoms with Crippen molar-refractivity contribution in [3.05, 3.63) is 101 Å². The van der Waals surface area contributed by atoms with Crippen LogP contribution >= 0.6 is 11.6 Å². The van der Waals surface area contributed by atoms with Crippen LogP contribution in [0.5, 0.6) is 0 Å². The fourth-order valence-electron chi connectivity index (χ4n) is 4.54. The van der Waals surface area contributed by atoms with Crippen LogP contribution in [0.15, 0.2) is 89.8 Å². The van der Waals surface area contributed by atoms with E-state index in [9.17, 15) is 18.0 Å². The van der Waals surface area contributed by atoms with E-state index in [0.29, 0.717) is 12.0 Å². The molecule has 0 spiro atoms. The standard InChI is InChI=1S/C29H23ClN4O4S/c30-23-10-12-25-26(16-23)34(39(37,38)24-11-9-21-3-1-2-4-22(21)15-24)27(29(36)33-25)17-28(35)32-14-13-19-5-7-20(18-31)8-6-19/h1-12,15-16,27H,13-14,17H2,(H,32,35)(H,33,36). The number of amides is 2. The first-order valence-corrected chi connectivity index (χ1v) is 14.0. The number of nitrogens with one attached hydrogen (secondary N) is 2. The summed E-state index contributed by atoms with van der Waals surface area (Å²) in [6.45, 7) is 0.277. The van der Waals surface area contributed by atoms with Crippen molar-refractivity contribution in [3.8, 4) is 6.07 Å². The van der Waals surface area contributed by atoms with Gasteiger partial charge in [0.1, 0.15) is 6.04 Å². The molecular weight excluding hydrogens is 536 g/mol. The molecule has 0 radical (unpaired) electrons. The maximum atomic E-state index is 14.0. The average molecular weight is 559 g/mol. The van der Waals surface area contributed by atoms with Gasteiger partial charge in [-0.15, -0.1) is 0 Å². The summed E-state index contributed by atoms with van der Waals surface area (Å²) in [6, 6.07) is 24.4. The van der Waals surface area contributed by atoms with Gasteiger partial charge in [0.2, 0.25) is 11.8 Å². The van der Waals surface area contributed by atoms with Gasteiger partial charge in [0.05, 0.1) is 34.3 Å². The van der Waals surface area contributed by atoms with E-state index < -0.39 is 34.3 Å². The van der Waals surface area contributed by atoms with E-state index in [2.05, 4.69) is 16.7 Å². The van der Waals surface area contributed by atoms with E-state index in [1.54, 1.807) is 48.5 Å². The van der Waals surface area contributed by atoms with Crippen LogP contribution in [-0.2, 0) is 26.0 Å². The first-order chi connectivity index (χ1) is 18.8. The third-order valence-corrected chi connectivity index (χ3v) is 8.57. The Balaban J connectivity index is 1.43. The number of nitriles is 1. The van der Waals surface area contributed by atoms with E-state index in [0.717, 1.165) is 20.6 Å². The largest absolute Gasteiger partial charge is 0.356 e. The number of sulfonamides is 1. The van der Waals surface area contributed by atoms with Crippen LogP contribution in [0, 0.1) is 11.3 Å². The predicted molar refractivity (Wildman–Crippen MR) is 150 cm³/mol. The minimum Gasteiger partial charge on any atom is -0.356 e. The summed E-state index contributed by atoms with van der Waals surface area (Å²) in [5, 5.41) is 16.3. The van der Waals surface area contributed by atoms with Crippen LogP contribution in [-0.4, -0.2) is 32.8 Å². The summed E-state index contributed by atoms with van der Waals surface area (Å²) in [5.41, 5.74) is 1.94. The van der Waals surface area contributed by atoms with Crippen molar-refractivity contribution in [3.63, 3.8) is 0 Å². The Labute approximate surface area is 230 Å². The summed E-state index contributed by atoms with van der Waals surface area (Å²) >= 11 is 6.22. The summed E-state index contributed by atoms with van der Waals surface area (Å²) in [6.07, 6.45) is 0.115. The lowest BCUT2D eigenvalue weighted by Crippen LogP contribution is -2.52. The lowest BCUT2D eigenvalue weighted by atomic mass is 10.1. The molecule has 4 aromatic carbocycles. The molecule has 1 aliphatic rings. The van der Waals surface area contributed by atoms with Crippen LogP contribution < -0.4 is 14.9 Å². The molecule has 0 bridgehead atoms. The average Bonchev–Trinajstić information content (AvgIpc) is 2.93. The molecule has 0 saturated carbocycles. The van der Waals surface area contributed by atoms with Crippen LogP contribution in [0.25, 0.3) is 10.8 Å². The number of halogens is 1. The molecule has 1 aliphatic heterocycles. The SMILES string of the molecule is N#Cc1ccc(CCNC(=O)CC2C(=O)Nc3ccc(Cl)cc3N2S(=O)(=O)c2ccc3ccccc3c2)cc1. The Morgan fingerprint density at radius 1 is 1.00 bits per heavy atom. The van der Waals surface area contributed by atoms with E-state index >= 15 is 0 Å². The second-order valence-corrected chi connectivity index (χ2v) is 11.3. The molecule has 4 aromatic rings. The van der Waals surface area contributed by atoms with E-state index in [-0.39, 0.29) is 27.8 Å². The third kappa shape index (κ3) is 5.43. The van der Waals surface area contributed by atoms with Gasteiger partial charge in [-0.25, -0.2) is 8.42 Å². The molecule has 1 atom stereocenters. The summed E-state index contributed by atoms with van der Waals surface area (Å²) < 4.78 is 29.1. The zero-order valence-electron chi connectivity index (χ0n) is 20.6. The molecule has 2 amide bonds. The van der Waals surface area contributed by atoms with Crippen molar-refractivity contribution in [1.29, 1.82) is 5.26 Å². The highest BCUT2D eigenvalue weighted by Gasteiger charge is 2.42. The first kappa shape index (κ1) is 26.2. The van der Waals surface area contributed by atoms with Gasteiger partial charge >= 0.3 is 0 Å². The quantitative estimate of drug-likeness (QED) is 0.343. The Kier molecular flexibility index (Phi) is 7.24. The number of anilines is 2. The zero-order chi connectivity index (χ0) is 27.6. The number of hydrogen-bond acceptors (Lipinski definition) is 5. The summed E-state index contributed by atoms with van der Waals surface area (Å²) in [5.74, 6) is -1.09. The molecule has 1 heterocycles. The molecule has 39 heavy (non-hydrogen) atoms. The fraction of sp³-hybridized carbons (Fsp3) is 0.138. The minimum absolute atomic E-state index is 0.00644. The highest BCUT2D eigenvalue weighted by Crippen LogP contribution is 2.39. The highest BCUT2D eigenvalue weighted by molar-refractivity contribution is 7.93. The summed E-state index contributed by atoms with van der Waals surface area (Å²) in [7, 11) is -4.27. The smallest absolute Gasteiger partial charge is 0.265 e. The van der Waals surface area contributed by atoms with Gasteiger partial charge in [-0.05, 0) is 65.2 Å². The number of fused-ring (bicyclic) bond motifs is 2. The lowest BCUT2D eigenvalue weighted by Gasteiger charge is -2.36. The van der Waals surface area contributed by atoms with E-state index in [4.69, 9.17) is 16.9 Å². The molecule has 2 N–H and O–H groups in total. The number of carbonyl (C=O) groups excluding carboxylic acids is 2. The van der Waals surface area contributed by atoms with Gasteiger partial charge < -0.3 is 10.6 Å². The normalized spacial score (nSPS) is 14.8. The molecule has 1 unspecified atom stereocenters. The molecule has 196 valence electrons. The predicted octanol–water partition coefficient (Wildman–Crippen LogP) is 4.63. The number of nitrogens with zero attached hydrogens (tertiary/aromatic N) is 2. The van der Waals surface area contributed by atoms with Crippen molar-refractivity contribution in [1.82, 2.24) is 5.32 Å². The second kappa shape index (κ2) is 10.8. The van der Waals surface area contributed by atoms with Crippen molar-refractivity contribution in [2.75, 3.05) is 16.2 Å². The highest BCUT2D eigenvalue weighted by atomic mass is 35.5. The number of carbonyl (C=O) groups is 2. The van der Waals surface area contributed by atoms with Crippen LogP contribution in [0.1, 0.15) is 17.5 Å². The van der Waals surface area contributed by atoms with Gasteiger partial charge in [0, 0.05) is 11.6 Å².